The summed E-state index contributed by atoms with van der Waals surface area (Å²) >= 11 is 9.04. The van der Waals surface area contributed by atoms with E-state index in [9.17, 15) is 13.2 Å². The lowest BCUT2D eigenvalue weighted by Gasteiger charge is -2.08. The number of hydrogen-bond donors (Lipinski definition) is 2. The van der Waals surface area contributed by atoms with Gasteiger partial charge in [-0.1, -0.05) is 23.7 Å². The first-order valence-corrected chi connectivity index (χ1v) is 8.39. The number of nitrogens with two attached hydrogens (primary N) is 1. The molecule has 2 aromatic rings. The van der Waals surface area contributed by atoms with Gasteiger partial charge < -0.3 is 5.32 Å². The Labute approximate surface area is 135 Å². The number of benzene rings is 2. The maximum atomic E-state index is 12.1. The molecular formula is C13H10BrClN2O3S. The van der Waals surface area contributed by atoms with Crippen molar-refractivity contribution in [2.24, 2.45) is 5.14 Å². The highest BCUT2D eigenvalue weighted by Crippen LogP contribution is 2.25. The molecule has 0 atom stereocenters. The van der Waals surface area contributed by atoms with Gasteiger partial charge in [0.2, 0.25) is 10.0 Å². The van der Waals surface area contributed by atoms with E-state index < -0.39 is 15.9 Å². The minimum Gasteiger partial charge on any atom is -0.322 e. The van der Waals surface area contributed by atoms with Crippen LogP contribution in [0, 0.1) is 0 Å². The number of primary sulfonamides is 1. The number of amides is 1. The number of carbonyl (C=O) groups is 1. The molecule has 8 heteroatoms. The fourth-order valence-electron chi connectivity index (χ4n) is 1.65. The number of carbonyl (C=O) groups excluding carboxylic acids is 1. The standard InChI is InChI=1S/C13H10BrClN2O3S/c14-10-7-8(5-6-12(10)21(16,19)20)17-13(18)9-3-1-2-4-11(9)15/h1-7H,(H,17,18)(H2,16,19,20). The summed E-state index contributed by atoms with van der Waals surface area (Å²) in [4.78, 5) is 12.0. The minimum atomic E-state index is -3.82. The Kier molecular flexibility index (Phi) is 4.67. The quantitative estimate of drug-likeness (QED) is 0.845. The molecule has 110 valence electrons. The number of rotatable bonds is 3. The number of hydrogen-bond acceptors (Lipinski definition) is 3. The molecule has 0 radical (unpaired) electrons. The zero-order valence-corrected chi connectivity index (χ0v) is 13.7. The molecule has 3 N–H and O–H groups in total. The molecule has 1 amide bonds. The van der Waals surface area contributed by atoms with Crippen molar-refractivity contribution in [3.63, 3.8) is 0 Å². The zero-order chi connectivity index (χ0) is 15.6. The van der Waals surface area contributed by atoms with Crippen molar-refractivity contribution < 1.29 is 13.2 Å². The van der Waals surface area contributed by atoms with Gasteiger partial charge in [-0.25, -0.2) is 13.6 Å². The van der Waals surface area contributed by atoms with Gasteiger partial charge in [0, 0.05) is 10.2 Å². The Balaban J connectivity index is 2.27. The Morgan fingerprint density at radius 1 is 1.19 bits per heavy atom. The third-order valence-corrected chi connectivity index (χ3v) is 4.83. The van der Waals surface area contributed by atoms with Crippen molar-refractivity contribution in [2.75, 3.05) is 5.32 Å². The molecule has 2 aromatic carbocycles. The summed E-state index contributed by atoms with van der Waals surface area (Å²) in [5.74, 6) is -0.393. The number of halogens is 2. The van der Waals surface area contributed by atoms with Gasteiger partial charge in [-0.05, 0) is 46.3 Å². The van der Waals surface area contributed by atoms with Gasteiger partial charge in [-0.2, -0.15) is 0 Å². The molecule has 0 heterocycles. The second kappa shape index (κ2) is 6.15. The monoisotopic (exact) mass is 388 g/mol. The number of sulfonamides is 1. The number of anilines is 1. The Morgan fingerprint density at radius 2 is 1.86 bits per heavy atom. The van der Waals surface area contributed by atoms with Gasteiger partial charge in [-0.15, -0.1) is 0 Å². The lowest BCUT2D eigenvalue weighted by molar-refractivity contribution is 0.102. The first-order valence-electron chi connectivity index (χ1n) is 5.67. The highest BCUT2D eigenvalue weighted by Gasteiger charge is 2.14. The predicted molar refractivity (Wildman–Crippen MR) is 84.9 cm³/mol. The van der Waals surface area contributed by atoms with E-state index in [4.69, 9.17) is 16.7 Å². The summed E-state index contributed by atoms with van der Waals surface area (Å²) in [5.41, 5.74) is 0.741. The largest absolute Gasteiger partial charge is 0.322 e. The molecule has 0 aliphatic carbocycles. The summed E-state index contributed by atoms with van der Waals surface area (Å²) in [6.45, 7) is 0. The summed E-state index contributed by atoms with van der Waals surface area (Å²) in [5, 5.41) is 8.02. The van der Waals surface area contributed by atoms with Crippen LogP contribution in [0.25, 0.3) is 0 Å². The van der Waals surface area contributed by atoms with Crippen LogP contribution < -0.4 is 10.5 Å². The highest BCUT2D eigenvalue weighted by molar-refractivity contribution is 9.10. The minimum absolute atomic E-state index is 0.0572. The fraction of sp³-hybridized carbons (Fsp3) is 0. The van der Waals surface area contributed by atoms with Crippen molar-refractivity contribution >= 4 is 49.1 Å². The molecule has 0 aliphatic heterocycles. The Bertz CT molecular complexity index is 809. The van der Waals surface area contributed by atoms with E-state index in [0.717, 1.165) is 0 Å². The van der Waals surface area contributed by atoms with Crippen LogP contribution in [-0.4, -0.2) is 14.3 Å². The highest BCUT2D eigenvalue weighted by atomic mass is 79.9. The second-order valence-electron chi connectivity index (χ2n) is 4.12. The predicted octanol–water partition coefficient (Wildman–Crippen LogP) is 3.00. The molecular weight excluding hydrogens is 380 g/mol. The van der Waals surface area contributed by atoms with Crippen LogP contribution in [0.5, 0.6) is 0 Å². The smallest absolute Gasteiger partial charge is 0.257 e. The molecule has 5 nitrogen and oxygen atoms in total. The van der Waals surface area contributed by atoms with Gasteiger partial charge in [0.15, 0.2) is 0 Å². The van der Waals surface area contributed by atoms with Crippen molar-refractivity contribution in [2.45, 2.75) is 4.90 Å². The second-order valence-corrected chi connectivity index (χ2v) is 6.92. The molecule has 0 aliphatic rings. The number of nitrogens with one attached hydrogen (secondary N) is 1. The van der Waals surface area contributed by atoms with Gasteiger partial charge in [0.05, 0.1) is 15.5 Å². The van der Waals surface area contributed by atoms with Crippen LogP contribution in [0.3, 0.4) is 0 Å². The molecule has 0 saturated carbocycles. The van der Waals surface area contributed by atoms with Gasteiger partial charge in [0.1, 0.15) is 0 Å². The van der Waals surface area contributed by atoms with Crippen LogP contribution in [-0.2, 0) is 10.0 Å². The fourth-order valence-corrected chi connectivity index (χ4v) is 3.52. The first-order chi connectivity index (χ1) is 9.79. The van der Waals surface area contributed by atoms with Crippen molar-refractivity contribution in [3.05, 3.63) is 57.5 Å². The summed E-state index contributed by atoms with van der Waals surface area (Å²) in [6.07, 6.45) is 0. The van der Waals surface area contributed by atoms with Gasteiger partial charge in [-0.3, -0.25) is 4.79 Å². The van der Waals surface area contributed by atoms with Crippen molar-refractivity contribution in [1.82, 2.24) is 0 Å². The Hall–Kier alpha value is -1.41. The van der Waals surface area contributed by atoms with Crippen LogP contribution in [0.1, 0.15) is 10.4 Å². The molecule has 21 heavy (non-hydrogen) atoms. The first kappa shape index (κ1) is 16.0. The van der Waals surface area contributed by atoms with Crippen LogP contribution in [0.4, 0.5) is 5.69 Å². The van der Waals surface area contributed by atoms with E-state index in [1.807, 2.05) is 0 Å². The zero-order valence-electron chi connectivity index (χ0n) is 10.5. The molecule has 2 rings (SSSR count). The summed E-state index contributed by atoms with van der Waals surface area (Å²) in [6, 6.07) is 10.8. The molecule has 0 spiro atoms. The molecule has 0 aromatic heterocycles. The van der Waals surface area contributed by atoms with E-state index in [1.165, 1.54) is 18.2 Å². The third-order valence-electron chi connectivity index (χ3n) is 2.61. The van der Waals surface area contributed by atoms with E-state index in [1.54, 1.807) is 24.3 Å². The maximum Gasteiger partial charge on any atom is 0.257 e. The topological polar surface area (TPSA) is 89.3 Å². The molecule has 0 saturated heterocycles. The normalized spacial score (nSPS) is 11.2. The summed E-state index contributed by atoms with van der Waals surface area (Å²) in [7, 11) is -3.82. The van der Waals surface area contributed by atoms with E-state index in [2.05, 4.69) is 21.2 Å². The average Bonchev–Trinajstić information content (AvgIpc) is 2.37. The van der Waals surface area contributed by atoms with Crippen molar-refractivity contribution in [3.8, 4) is 0 Å². The van der Waals surface area contributed by atoms with Crippen LogP contribution in [0.15, 0.2) is 51.8 Å². The molecule has 0 bridgehead atoms. The van der Waals surface area contributed by atoms with Crippen LogP contribution >= 0.6 is 27.5 Å². The Morgan fingerprint density at radius 3 is 2.43 bits per heavy atom. The third kappa shape index (κ3) is 3.82. The average molecular weight is 390 g/mol. The molecule has 0 unspecified atom stereocenters. The lowest BCUT2D eigenvalue weighted by atomic mass is 10.2. The van der Waals surface area contributed by atoms with E-state index in [-0.39, 0.29) is 9.37 Å². The van der Waals surface area contributed by atoms with E-state index >= 15 is 0 Å². The van der Waals surface area contributed by atoms with Crippen LogP contribution in [0.2, 0.25) is 5.02 Å². The molecule has 0 fully saturated rings. The maximum absolute atomic E-state index is 12.1. The SMILES string of the molecule is NS(=O)(=O)c1ccc(NC(=O)c2ccccc2Cl)cc1Br. The van der Waals surface area contributed by atoms with Gasteiger partial charge in [0.25, 0.3) is 5.91 Å². The van der Waals surface area contributed by atoms with Gasteiger partial charge >= 0.3 is 0 Å². The summed E-state index contributed by atoms with van der Waals surface area (Å²) < 4.78 is 22.9. The van der Waals surface area contributed by atoms with Crippen molar-refractivity contribution in [1.29, 1.82) is 0 Å². The lowest BCUT2D eigenvalue weighted by Crippen LogP contribution is -2.14. The van der Waals surface area contributed by atoms with E-state index in [0.29, 0.717) is 16.3 Å².